The molecule has 0 bridgehead atoms. The van der Waals surface area contributed by atoms with Gasteiger partial charge in [-0.3, -0.25) is 19.3 Å². The number of imide groups is 1. The van der Waals surface area contributed by atoms with Crippen molar-refractivity contribution in [1.82, 2.24) is 9.80 Å². The predicted octanol–water partition coefficient (Wildman–Crippen LogP) is 4.70. The van der Waals surface area contributed by atoms with Crippen LogP contribution in [-0.4, -0.2) is 40.1 Å². The van der Waals surface area contributed by atoms with Crippen LogP contribution in [0.5, 0.6) is 0 Å². The molecule has 2 aliphatic heterocycles. The Kier molecular flexibility index (Phi) is 4.77. The summed E-state index contributed by atoms with van der Waals surface area (Å²) < 4.78 is 0. The fourth-order valence-electron chi connectivity index (χ4n) is 5.17. The monoisotopic (exact) mass is 446 g/mol. The van der Waals surface area contributed by atoms with Gasteiger partial charge in [0.2, 0.25) is 0 Å². The zero-order valence-electron chi connectivity index (χ0n) is 18.5. The van der Waals surface area contributed by atoms with Crippen molar-refractivity contribution in [3.63, 3.8) is 0 Å². The fourth-order valence-corrected chi connectivity index (χ4v) is 5.17. The molecule has 1 atom stereocenters. The lowest BCUT2D eigenvalue weighted by Crippen LogP contribution is -2.51. The summed E-state index contributed by atoms with van der Waals surface area (Å²) in [5, 5.41) is 1.90. The molecule has 0 N–H and O–H groups in total. The van der Waals surface area contributed by atoms with Crippen molar-refractivity contribution < 1.29 is 14.4 Å². The molecule has 0 radical (unpaired) electrons. The van der Waals surface area contributed by atoms with Crippen LogP contribution in [0.1, 0.15) is 42.2 Å². The Balaban J connectivity index is 1.38. The third-order valence-corrected chi connectivity index (χ3v) is 6.91. The second-order valence-electron chi connectivity index (χ2n) is 8.85. The highest BCUT2D eigenvalue weighted by Gasteiger charge is 2.40. The van der Waals surface area contributed by atoms with E-state index in [0.717, 1.165) is 21.9 Å². The average Bonchev–Trinajstić information content (AvgIpc) is 3.12. The van der Waals surface area contributed by atoms with Gasteiger partial charge in [0.25, 0.3) is 17.7 Å². The third-order valence-electron chi connectivity index (χ3n) is 6.91. The molecule has 0 spiro atoms. The first-order valence-corrected chi connectivity index (χ1v) is 11.4. The van der Waals surface area contributed by atoms with Gasteiger partial charge in [0, 0.05) is 12.1 Å². The van der Waals surface area contributed by atoms with E-state index in [0.29, 0.717) is 29.7 Å². The van der Waals surface area contributed by atoms with E-state index in [-0.39, 0.29) is 30.3 Å². The minimum absolute atomic E-state index is 0.0899. The highest BCUT2D eigenvalue weighted by Crippen LogP contribution is 2.30. The van der Waals surface area contributed by atoms with Gasteiger partial charge in [-0.05, 0) is 46.5 Å². The number of fused-ring (bicyclic) bond motifs is 3. The molecule has 5 heteroatoms. The standard InChI is InChI=1S/C29H22N2O3/c32-27(24-15-7-11-19-8-3-4-12-23(19)24)30-17-21-10-2-1-9-20(21)16-22(30)18-31-28(33)25-13-5-6-14-26(25)29(31)34/h1-15,22H,16-18H2/t22-/m0/s1. The number of hydrogen-bond acceptors (Lipinski definition) is 3. The molecule has 166 valence electrons. The lowest BCUT2D eigenvalue weighted by Gasteiger charge is -2.38. The van der Waals surface area contributed by atoms with Gasteiger partial charge in [0.15, 0.2) is 0 Å². The zero-order chi connectivity index (χ0) is 23.2. The van der Waals surface area contributed by atoms with E-state index in [2.05, 4.69) is 6.07 Å². The van der Waals surface area contributed by atoms with E-state index in [1.54, 1.807) is 24.3 Å². The molecule has 0 aromatic heterocycles. The highest BCUT2D eigenvalue weighted by molar-refractivity contribution is 6.21. The van der Waals surface area contributed by atoms with Crippen molar-refractivity contribution in [2.24, 2.45) is 0 Å². The first-order chi connectivity index (χ1) is 16.6. The second-order valence-corrected chi connectivity index (χ2v) is 8.85. The Morgan fingerprint density at radius 1 is 0.735 bits per heavy atom. The first-order valence-electron chi connectivity index (χ1n) is 11.4. The van der Waals surface area contributed by atoms with Crippen LogP contribution < -0.4 is 0 Å². The average molecular weight is 447 g/mol. The number of nitrogens with zero attached hydrogens (tertiary/aromatic N) is 2. The van der Waals surface area contributed by atoms with Crippen molar-refractivity contribution in [1.29, 1.82) is 0 Å². The largest absolute Gasteiger partial charge is 0.329 e. The van der Waals surface area contributed by atoms with Crippen LogP contribution in [0, 0.1) is 0 Å². The fraction of sp³-hybridized carbons (Fsp3) is 0.138. The molecule has 0 unspecified atom stereocenters. The van der Waals surface area contributed by atoms with Crippen LogP contribution in [0.25, 0.3) is 10.8 Å². The van der Waals surface area contributed by atoms with E-state index in [4.69, 9.17) is 0 Å². The van der Waals surface area contributed by atoms with E-state index < -0.39 is 0 Å². The molecule has 0 saturated carbocycles. The maximum Gasteiger partial charge on any atom is 0.261 e. The lowest BCUT2D eigenvalue weighted by molar-refractivity contribution is 0.0490. The van der Waals surface area contributed by atoms with Gasteiger partial charge < -0.3 is 4.90 Å². The maximum atomic E-state index is 13.9. The van der Waals surface area contributed by atoms with Crippen molar-refractivity contribution in [3.05, 3.63) is 119 Å². The first kappa shape index (κ1) is 20.4. The highest BCUT2D eigenvalue weighted by atomic mass is 16.2. The molecular formula is C29H22N2O3. The molecule has 4 aromatic carbocycles. The predicted molar refractivity (Wildman–Crippen MR) is 130 cm³/mol. The molecule has 34 heavy (non-hydrogen) atoms. The van der Waals surface area contributed by atoms with Gasteiger partial charge in [0.05, 0.1) is 23.7 Å². The molecule has 4 aromatic rings. The van der Waals surface area contributed by atoms with Crippen LogP contribution in [0.4, 0.5) is 0 Å². The summed E-state index contributed by atoms with van der Waals surface area (Å²) in [4.78, 5) is 43.2. The number of benzene rings is 4. The van der Waals surface area contributed by atoms with Gasteiger partial charge in [-0.15, -0.1) is 0 Å². The van der Waals surface area contributed by atoms with Crippen LogP contribution in [-0.2, 0) is 13.0 Å². The topological polar surface area (TPSA) is 57.7 Å². The second kappa shape index (κ2) is 7.96. The summed E-state index contributed by atoms with van der Waals surface area (Å²) in [5.74, 6) is -0.679. The summed E-state index contributed by atoms with van der Waals surface area (Å²) in [7, 11) is 0. The SMILES string of the molecule is O=C1c2ccccc2C(=O)N1C[C@@H]1Cc2ccccc2CN1C(=O)c1cccc2ccccc12. The van der Waals surface area contributed by atoms with Crippen LogP contribution >= 0.6 is 0 Å². The van der Waals surface area contributed by atoms with Crippen molar-refractivity contribution in [2.75, 3.05) is 6.54 Å². The Bertz CT molecular complexity index is 1430. The minimum Gasteiger partial charge on any atom is -0.329 e. The number of amides is 3. The zero-order valence-corrected chi connectivity index (χ0v) is 18.5. The van der Waals surface area contributed by atoms with Crippen LogP contribution in [0.3, 0.4) is 0 Å². The molecule has 0 fully saturated rings. The Morgan fingerprint density at radius 3 is 2.12 bits per heavy atom. The minimum atomic E-state index is -0.316. The third kappa shape index (κ3) is 3.20. The molecule has 2 aliphatic rings. The van der Waals surface area contributed by atoms with Crippen molar-refractivity contribution in [2.45, 2.75) is 19.0 Å². The van der Waals surface area contributed by atoms with Gasteiger partial charge >= 0.3 is 0 Å². The van der Waals surface area contributed by atoms with Crippen molar-refractivity contribution >= 4 is 28.5 Å². The normalized spacial score (nSPS) is 17.1. The summed E-state index contributed by atoms with van der Waals surface area (Å²) >= 11 is 0. The van der Waals surface area contributed by atoms with E-state index in [1.165, 1.54) is 4.90 Å². The molecule has 0 saturated heterocycles. The molecule has 6 rings (SSSR count). The van der Waals surface area contributed by atoms with Crippen LogP contribution in [0.15, 0.2) is 91.0 Å². The molecule has 2 heterocycles. The molecule has 0 aliphatic carbocycles. The van der Waals surface area contributed by atoms with Crippen LogP contribution in [0.2, 0.25) is 0 Å². The van der Waals surface area contributed by atoms with E-state index in [9.17, 15) is 14.4 Å². The van der Waals surface area contributed by atoms with Crippen molar-refractivity contribution in [3.8, 4) is 0 Å². The van der Waals surface area contributed by atoms with Gasteiger partial charge in [-0.25, -0.2) is 0 Å². The van der Waals surface area contributed by atoms with Gasteiger partial charge in [-0.2, -0.15) is 0 Å². The smallest absolute Gasteiger partial charge is 0.261 e. The summed E-state index contributed by atoms with van der Waals surface area (Å²) in [5.41, 5.74) is 3.72. The quantitative estimate of drug-likeness (QED) is 0.429. The van der Waals surface area contributed by atoms with E-state index in [1.807, 2.05) is 65.6 Å². The number of carbonyl (C=O) groups excluding carboxylic acids is 3. The van der Waals surface area contributed by atoms with Gasteiger partial charge in [0.1, 0.15) is 0 Å². The summed E-state index contributed by atoms with van der Waals surface area (Å²) in [6.45, 7) is 0.600. The molecule has 5 nitrogen and oxygen atoms in total. The Morgan fingerprint density at radius 2 is 1.35 bits per heavy atom. The summed E-state index contributed by atoms with van der Waals surface area (Å²) in [6, 6.07) is 28.2. The Hall–Kier alpha value is -4.25. The lowest BCUT2D eigenvalue weighted by atomic mass is 9.92. The molecule has 3 amide bonds. The maximum absolute atomic E-state index is 13.9. The number of carbonyl (C=O) groups is 3. The Labute approximate surface area is 197 Å². The number of hydrogen-bond donors (Lipinski definition) is 0. The van der Waals surface area contributed by atoms with Gasteiger partial charge in [-0.1, -0.05) is 72.8 Å². The molecular weight excluding hydrogens is 424 g/mol. The summed E-state index contributed by atoms with van der Waals surface area (Å²) in [6.07, 6.45) is 0.583. The number of rotatable bonds is 3. The van der Waals surface area contributed by atoms with E-state index >= 15 is 0 Å².